The summed E-state index contributed by atoms with van der Waals surface area (Å²) >= 11 is 1.51. The molecule has 0 bridgehead atoms. The van der Waals surface area contributed by atoms with Crippen molar-refractivity contribution in [1.29, 1.82) is 0 Å². The molecule has 9 heteroatoms. The van der Waals surface area contributed by atoms with Gasteiger partial charge in [0.2, 0.25) is 15.9 Å². The Bertz CT molecular complexity index is 1230. The molecule has 34 heavy (non-hydrogen) atoms. The number of hydrogen-bond donors (Lipinski definition) is 1. The Morgan fingerprint density at radius 2 is 1.79 bits per heavy atom. The SMILES string of the molecule is CCc1ccc(-c2nc(CC(=O)Nc3cccc(S(=O)(=O)N4CCN(CC)CC4)c3)cs2)cc1. The maximum Gasteiger partial charge on any atom is 0.243 e. The predicted molar refractivity (Wildman–Crippen MR) is 137 cm³/mol. The van der Waals surface area contributed by atoms with Crippen LogP contribution in [0.1, 0.15) is 25.1 Å². The van der Waals surface area contributed by atoms with Gasteiger partial charge in [0.25, 0.3) is 0 Å². The van der Waals surface area contributed by atoms with Crippen LogP contribution in [0.3, 0.4) is 0 Å². The number of sulfonamides is 1. The lowest BCUT2D eigenvalue weighted by molar-refractivity contribution is -0.115. The zero-order valence-electron chi connectivity index (χ0n) is 19.5. The third-order valence-electron chi connectivity index (χ3n) is 6.04. The Morgan fingerprint density at radius 1 is 1.06 bits per heavy atom. The smallest absolute Gasteiger partial charge is 0.243 e. The van der Waals surface area contributed by atoms with Crippen molar-refractivity contribution >= 4 is 33.0 Å². The highest BCUT2D eigenvalue weighted by Crippen LogP contribution is 2.25. The molecule has 1 aliphatic rings. The van der Waals surface area contributed by atoms with E-state index in [-0.39, 0.29) is 17.2 Å². The molecule has 2 aromatic carbocycles. The molecule has 7 nitrogen and oxygen atoms in total. The first-order valence-electron chi connectivity index (χ1n) is 11.5. The second-order valence-electron chi connectivity index (χ2n) is 8.29. The highest BCUT2D eigenvalue weighted by molar-refractivity contribution is 7.89. The van der Waals surface area contributed by atoms with Crippen LogP contribution < -0.4 is 5.32 Å². The minimum atomic E-state index is -3.60. The molecule has 3 aromatic rings. The molecule has 0 saturated carbocycles. The van der Waals surface area contributed by atoms with Crippen LogP contribution in [0.4, 0.5) is 5.69 Å². The fourth-order valence-electron chi connectivity index (χ4n) is 3.94. The van der Waals surface area contributed by atoms with Gasteiger partial charge in [-0.15, -0.1) is 11.3 Å². The van der Waals surface area contributed by atoms with E-state index in [1.807, 2.05) is 5.38 Å². The number of nitrogens with one attached hydrogen (secondary N) is 1. The standard InChI is InChI=1S/C25H30N4O3S2/c1-3-19-8-10-20(11-9-19)25-27-22(18-33-25)17-24(30)26-21-6-5-7-23(16-21)34(31,32)29-14-12-28(4-2)13-15-29/h5-11,16,18H,3-4,12-15,17H2,1-2H3,(H,26,30). The van der Waals surface area contributed by atoms with Crippen LogP contribution in [0.2, 0.25) is 0 Å². The number of aryl methyl sites for hydroxylation is 1. The lowest BCUT2D eigenvalue weighted by atomic mass is 10.1. The van der Waals surface area contributed by atoms with Gasteiger partial charge in [0.05, 0.1) is 17.0 Å². The number of likely N-dealkylation sites (N-methyl/N-ethyl adjacent to an activating group) is 1. The van der Waals surface area contributed by atoms with Crippen LogP contribution >= 0.6 is 11.3 Å². The van der Waals surface area contributed by atoms with Crippen LogP contribution in [0.5, 0.6) is 0 Å². The molecule has 4 rings (SSSR count). The van der Waals surface area contributed by atoms with Gasteiger partial charge in [-0.2, -0.15) is 4.31 Å². The van der Waals surface area contributed by atoms with Crippen molar-refractivity contribution in [1.82, 2.24) is 14.2 Å². The summed E-state index contributed by atoms with van der Waals surface area (Å²) in [5, 5.41) is 5.59. The average molecular weight is 499 g/mol. The average Bonchev–Trinajstić information content (AvgIpc) is 3.32. The second kappa shape index (κ2) is 10.8. The molecule has 0 aliphatic carbocycles. The maximum absolute atomic E-state index is 13.1. The van der Waals surface area contributed by atoms with Crippen LogP contribution in [0, 0.1) is 0 Å². The second-order valence-corrected chi connectivity index (χ2v) is 11.1. The first-order chi connectivity index (χ1) is 16.4. The van der Waals surface area contributed by atoms with E-state index >= 15 is 0 Å². The Labute approximate surface area is 205 Å². The number of piperazine rings is 1. The van der Waals surface area contributed by atoms with Crippen LogP contribution in [0.25, 0.3) is 10.6 Å². The number of aromatic nitrogens is 1. The topological polar surface area (TPSA) is 82.6 Å². The monoisotopic (exact) mass is 498 g/mol. The molecule has 0 spiro atoms. The van der Waals surface area contributed by atoms with Crippen LogP contribution in [-0.2, 0) is 27.7 Å². The lowest BCUT2D eigenvalue weighted by Gasteiger charge is -2.33. The summed E-state index contributed by atoms with van der Waals surface area (Å²) in [7, 11) is -3.60. The van der Waals surface area contributed by atoms with Crippen molar-refractivity contribution in [2.24, 2.45) is 0 Å². The third-order valence-corrected chi connectivity index (χ3v) is 8.87. The molecular weight excluding hydrogens is 468 g/mol. The highest BCUT2D eigenvalue weighted by atomic mass is 32.2. The van der Waals surface area contributed by atoms with Gasteiger partial charge in [-0.25, -0.2) is 13.4 Å². The molecule has 1 aromatic heterocycles. The van der Waals surface area contributed by atoms with Gasteiger partial charge < -0.3 is 10.2 Å². The number of carbonyl (C=O) groups is 1. The van der Waals surface area contributed by atoms with Gasteiger partial charge in [-0.1, -0.05) is 44.2 Å². The molecule has 180 valence electrons. The van der Waals surface area contributed by atoms with Gasteiger partial charge >= 0.3 is 0 Å². The van der Waals surface area contributed by atoms with Gasteiger partial charge in [-0.3, -0.25) is 4.79 Å². The summed E-state index contributed by atoms with van der Waals surface area (Å²) in [6.45, 7) is 7.51. The van der Waals surface area contributed by atoms with E-state index in [0.717, 1.165) is 36.6 Å². The summed E-state index contributed by atoms with van der Waals surface area (Å²) in [6, 6.07) is 14.8. The number of benzene rings is 2. The number of amides is 1. The van der Waals surface area contributed by atoms with Crippen molar-refractivity contribution in [3.8, 4) is 10.6 Å². The van der Waals surface area contributed by atoms with Crippen LogP contribution in [-0.4, -0.2) is 61.2 Å². The van der Waals surface area contributed by atoms with Crippen molar-refractivity contribution in [3.63, 3.8) is 0 Å². The fourth-order valence-corrected chi connectivity index (χ4v) is 6.24. The number of rotatable bonds is 8. The summed E-state index contributed by atoms with van der Waals surface area (Å²) < 4.78 is 27.7. The minimum absolute atomic E-state index is 0.125. The number of carbonyl (C=O) groups excluding carboxylic acids is 1. The first-order valence-corrected chi connectivity index (χ1v) is 13.9. The molecule has 1 aliphatic heterocycles. The van der Waals surface area contributed by atoms with Gasteiger partial charge in [-0.05, 0) is 36.7 Å². The summed E-state index contributed by atoms with van der Waals surface area (Å²) in [4.78, 5) is 19.7. The lowest BCUT2D eigenvalue weighted by Crippen LogP contribution is -2.48. The molecule has 1 N–H and O–H groups in total. The van der Waals surface area contributed by atoms with E-state index in [1.165, 1.54) is 27.3 Å². The fraction of sp³-hybridized carbons (Fsp3) is 0.360. The number of nitrogens with zero attached hydrogens (tertiary/aromatic N) is 3. The Morgan fingerprint density at radius 3 is 2.47 bits per heavy atom. The summed E-state index contributed by atoms with van der Waals surface area (Å²) in [5.41, 5.74) is 3.46. The van der Waals surface area contributed by atoms with Crippen molar-refractivity contribution < 1.29 is 13.2 Å². The van der Waals surface area contributed by atoms with Crippen molar-refractivity contribution in [2.45, 2.75) is 31.6 Å². The maximum atomic E-state index is 13.1. The van der Waals surface area contributed by atoms with E-state index in [4.69, 9.17) is 0 Å². The van der Waals surface area contributed by atoms with Gasteiger partial charge in [0.15, 0.2) is 0 Å². The number of anilines is 1. The molecule has 0 radical (unpaired) electrons. The Kier molecular flexibility index (Phi) is 7.77. The Balaban J connectivity index is 1.39. The first kappa shape index (κ1) is 24.5. The molecule has 2 heterocycles. The number of thiazole rings is 1. The summed E-state index contributed by atoms with van der Waals surface area (Å²) in [5.74, 6) is -0.232. The van der Waals surface area contributed by atoms with Crippen molar-refractivity contribution in [3.05, 3.63) is 65.2 Å². The zero-order valence-corrected chi connectivity index (χ0v) is 21.2. The quantitative estimate of drug-likeness (QED) is 0.510. The van der Waals surface area contributed by atoms with Gasteiger partial charge in [0.1, 0.15) is 5.01 Å². The van der Waals surface area contributed by atoms with E-state index in [0.29, 0.717) is 24.5 Å². The molecule has 0 atom stereocenters. The zero-order chi connectivity index (χ0) is 24.1. The summed E-state index contributed by atoms with van der Waals surface area (Å²) in [6.07, 6.45) is 1.11. The van der Waals surface area contributed by atoms with E-state index in [1.54, 1.807) is 18.2 Å². The van der Waals surface area contributed by atoms with Crippen molar-refractivity contribution in [2.75, 3.05) is 38.0 Å². The van der Waals surface area contributed by atoms with Crippen LogP contribution in [0.15, 0.2) is 58.8 Å². The largest absolute Gasteiger partial charge is 0.326 e. The molecule has 1 amide bonds. The molecule has 1 fully saturated rings. The van der Waals surface area contributed by atoms with E-state index in [2.05, 4.69) is 53.3 Å². The minimum Gasteiger partial charge on any atom is -0.326 e. The Hall–Kier alpha value is -2.59. The predicted octanol–water partition coefficient (Wildman–Crippen LogP) is 3.88. The van der Waals surface area contributed by atoms with E-state index < -0.39 is 10.0 Å². The van der Waals surface area contributed by atoms with Gasteiger partial charge in [0, 0.05) is 42.8 Å². The normalized spacial score (nSPS) is 15.4. The molecule has 1 saturated heterocycles. The highest BCUT2D eigenvalue weighted by Gasteiger charge is 2.28. The third kappa shape index (κ3) is 5.72. The van der Waals surface area contributed by atoms with E-state index in [9.17, 15) is 13.2 Å². The molecule has 0 unspecified atom stereocenters. The number of hydrogen-bond acceptors (Lipinski definition) is 6. The molecular formula is C25H30N4O3S2.